The van der Waals surface area contributed by atoms with Gasteiger partial charge in [0.05, 0.1) is 0 Å². The molecule has 0 unspecified atom stereocenters. The van der Waals surface area contributed by atoms with Crippen LogP contribution in [0.2, 0.25) is 0 Å². The molecule has 0 saturated heterocycles. The van der Waals surface area contributed by atoms with Crippen molar-refractivity contribution in [1.29, 1.82) is 0 Å². The Hall–Kier alpha value is -2.28. The normalized spacial score (nSPS) is 11.1. The second kappa shape index (κ2) is 5.01. The summed E-state index contributed by atoms with van der Waals surface area (Å²) in [6, 6.07) is 7.12. The Morgan fingerprint density at radius 2 is 2.15 bits per heavy atom. The standard InChI is InChI=1S/C13H12N4O2S/c1-8-12(19)17-13(15-14-8)20-11(16-17)6-5-9-3-2-4-10(18)7-9/h2-4,7,18H,5-6H2,1H3. The first-order valence-corrected chi connectivity index (χ1v) is 6.95. The molecule has 6 nitrogen and oxygen atoms in total. The Morgan fingerprint density at radius 1 is 1.30 bits per heavy atom. The fraction of sp³-hybridized carbons (Fsp3) is 0.231. The summed E-state index contributed by atoms with van der Waals surface area (Å²) in [7, 11) is 0. The number of aromatic hydroxyl groups is 1. The van der Waals surface area contributed by atoms with Gasteiger partial charge in [-0.05, 0) is 31.0 Å². The van der Waals surface area contributed by atoms with Gasteiger partial charge in [-0.3, -0.25) is 4.79 Å². The van der Waals surface area contributed by atoms with E-state index in [1.807, 2.05) is 12.1 Å². The van der Waals surface area contributed by atoms with Gasteiger partial charge in [0.15, 0.2) is 0 Å². The third-order valence-corrected chi connectivity index (χ3v) is 3.89. The third kappa shape index (κ3) is 2.39. The molecule has 0 atom stereocenters. The molecular weight excluding hydrogens is 276 g/mol. The van der Waals surface area contributed by atoms with Gasteiger partial charge in [-0.1, -0.05) is 23.5 Å². The van der Waals surface area contributed by atoms with Crippen molar-refractivity contribution < 1.29 is 5.11 Å². The van der Waals surface area contributed by atoms with E-state index in [2.05, 4.69) is 15.3 Å². The van der Waals surface area contributed by atoms with E-state index >= 15 is 0 Å². The van der Waals surface area contributed by atoms with Gasteiger partial charge < -0.3 is 5.11 Å². The zero-order valence-corrected chi connectivity index (χ0v) is 11.6. The van der Waals surface area contributed by atoms with E-state index in [4.69, 9.17) is 0 Å². The molecule has 20 heavy (non-hydrogen) atoms. The van der Waals surface area contributed by atoms with Gasteiger partial charge in [-0.15, -0.1) is 10.2 Å². The Labute approximate surface area is 118 Å². The maximum Gasteiger partial charge on any atom is 0.296 e. The summed E-state index contributed by atoms with van der Waals surface area (Å²) in [5, 5.41) is 22.3. The van der Waals surface area contributed by atoms with Gasteiger partial charge in [0, 0.05) is 6.42 Å². The van der Waals surface area contributed by atoms with Crippen LogP contribution in [0.1, 0.15) is 16.3 Å². The minimum atomic E-state index is -0.227. The van der Waals surface area contributed by atoms with Crippen molar-refractivity contribution in [2.45, 2.75) is 19.8 Å². The summed E-state index contributed by atoms with van der Waals surface area (Å²) in [6.45, 7) is 1.62. The smallest absolute Gasteiger partial charge is 0.296 e. The van der Waals surface area contributed by atoms with Gasteiger partial charge in [0.2, 0.25) is 4.96 Å². The highest BCUT2D eigenvalue weighted by atomic mass is 32.1. The molecule has 0 aliphatic heterocycles. The summed E-state index contributed by atoms with van der Waals surface area (Å²) < 4.78 is 1.30. The van der Waals surface area contributed by atoms with Crippen molar-refractivity contribution in [1.82, 2.24) is 19.8 Å². The number of fused-ring (bicyclic) bond motifs is 1. The Morgan fingerprint density at radius 3 is 2.95 bits per heavy atom. The second-order valence-corrected chi connectivity index (χ2v) is 5.49. The minimum absolute atomic E-state index is 0.227. The second-order valence-electron chi connectivity index (χ2n) is 4.45. The third-order valence-electron chi connectivity index (χ3n) is 2.93. The molecule has 3 rings (SSSR count). The zero-order chi connectivity index (χ0) is 14.1. The van der Waals surface area contributed by atoms with Crippen LogP contribution in [0.4, 0.5) is 0 Å². The molecule has 7 heteroatoms. The lowest BCUT2D eigenvalue weighted by atomic mass is 10.1. The number of aryl methyl sites for hydroxylation is 3. The topological polar surface area (TPSA) is 80.4 Å². The number of nitrogens with zero attached hydrogens (tertiary/aromatic N) is 4. The molecule has 2 heterocycles. The van der Waals surface area contributed by atoms with Crippen molar-refractivity contribution in [3.05, 3.63) is 50.9 Å². The molecule has 0 bridgehead atoms. The van der Waals surface area contributed by atoms with E-state index in [9.17, 15) is 9.90 Å². The van der Waals surface area contributed by atoms with E-state index in [0.29, 0.717) is 17.1 Å². The molecule has 1 N–H and O–H groups in total. The van der Waals surface area contributed by atoms with Crippen LogP contribution in [-0.4, -0.2) is 24.9 Å². The number of phenols is 1. The zero-order valence-electron chi connectivity index (χ0n) is 10.8. The molecule has 0 spiro atoms. The molecule has 0 fully saturated rings. The number of benzene rings is 1. The van der Waals surface area contributed by atoms with E-state index in [1.54, 1.807) is 19.1 Å². The number of hydrogen-bond donors (Lipinski definition) is 1. The van der Waals surface area contributed by atoms with Gasteiger partial charge in [-0.25, -0.2) is 0 Å². The number of aromatic nitrogens is 4. The lowest BCUT2D eigenvalue weighted by Crippen LogP contribution is -2.19. The lowest BCUT2D eigenvalue weighted by Gasteiger charge is -1.99. The highest BCUT2D eigenvalue weighted by Gasteiger charge is 2.09. The van der Waals surface area contributed by atoms with Crippen LogP contribution in [0.25, 0.3) is 4.96 Å². The van der Waals surface area contributed by atoms with Crippen LogP contribution >= 0.6 is 11.3 Å². The molecule has 1 aromatic carbocycles. The molecule has 0 saturated carbocycles. The molecular formula is C13H12N4O2S. The number of hydrogen-bond acceptors (Lipinski definition) is 6. The first kappa shape index (κ1) is 12.7. The van der Waals surface area contributed by atoms with E-state index in [0.717, 1.165) is 17.0 Å². The maximum absolute atomic E-state index is 11.8. The summed E-state index contributed by atoms with van der Waals surface area (Å²) in [5.41, 5.74) is 1.14. The molecule has 0 radical (unpaired) electrons. The van der Waals surface area contributed by atoms with Crippen LogP contribution in [0.3, 0.4) is 0 Å². The van der Waals surface area contributed by atoms with Crippen molar-refractivity contribution in [2.24, 2.45) is 0 Å². The molecule has 0 aliphatic rings. The average Bonchev–Trinajstić information content (AvgIpc) is 2.85. The molecule has 0 amide bonds. The summed E-state index contributed by atoms with van der Waals surface area (Å²) in [6.07, 6.45) is 1.44. The first-order chi connectivity index (χ1) is 9.63. The summed E-state index contributed by atoms with van der Waals surface area (Å²) >= 11 is 1.36. The van der Waals surface area contributed by atoms with Gasteiger partial charge in [0.1, 0.15) is 16.5 Å². The Balaban J connectivity index is 1.85. The fourth-order valence-electron chi connectivity index (χ4n) is 1.90. The quantitative estimate of drug-likeness (QED) is 0.786. The van der Waals surface area contributed by atoms with Gasteiger partial charge in [0.25, 0.3) is 5.56 Å². The average molecular weight is 288 g/mol. The van der Waals surface area contributed by atoms with Crippen LogP contribution in [0, 0.1) is 6.92 Å². The maximum atomic E-state index is 11.8. The van der Waals surface area contributed by atoms with Gasteiger partial charge >= 0.3 is 0 Å². The SMILES string of the molecule is Cc1nnc2sc(CCc3cccc(O)c3)nn2c1=O. The molecule has 0 aliphatic carbocycles. The lowest BCUT2D eigenvalue weighted by molar-refractivity contribution is 0.474. The highest BCUT2D eigenvalue weighted by Crippen LogP contribution is 2.16. The largest absolute Gasteiger partial charge is 0.508 e. The molecule has 3 aromatic rings. The van der Waals surface area contributed by atoms with E-state index < -0.39 is 0 Å². The van der Waals surface area contributed by atoms with E-state index in [-0.39, 0.29) is 11.3 Å². The fourth-order valence-corrected chi connectivity index (χ4v) is 2.73. The number of phenolic OH excluding ortho intramolecular Hbond substituents is 1. The van der Waals surface area contributed by atoms with Crippen LogP contribution in [0.5, 0.6) is 5.75 Å². The van der Waals surface area contributed by atoms with Crippen LogP contribution in [-0.2, 0) is 12.8 Å². The summed E-state index contributed by atoms with van der Waals surface area (Å²) in [4.78, 5) is 12.3. The van der Waals surface area contributed by atoms with Crippen LogP contribution in [0.15, 0.2) is 29.1 Å². The Kier molecular flexibility index (Phi) is 3.19. The minimum Gasteiger partial charge on any atom is -0.508 e. The first-order valence-electron chi connectivity index (χ1n) is 6.13. The highest BCUT2D eigenvalue weighted by molar-refractivity contribution is 7.16. The monoisotopic (exact) mass is 288 g/mol. The van der Waals surface area contributed by atoms with Gasteiger partial charge in [-0.2, -0.15) is 9.61 Å². The number of rotatable bonds is 3. The van der Waals surface area contributed by atoms with Crippen molar-refractivity contribution >= 4 is 16.3 Å². The molecule has 2 aromatic heterocycles. The van der Waals surface area contributed by atoms with E-state index in [1.165, 1.54) is 15.9 Å². The molecule has 102 valence electrons. The predicted octanol–water partition coefficient (Wildman–Crippen LogP) is 1.35. The Bertz CT molecular complexity index is 825. The van der Waals surface area contributed by atoms with Crippen molar-refractivity contribution in [3.63, 3.8) is 0 Å². The summed E-state index contributed by atoms with van der Waals surface area (Å²) in [5.74, 6) is 0.254. The van der Waals surface area contributed by atoms with Crippen molar-refractivity contribution in [2.75, 3.05) is 0 Å². The van der Waals surface area contributed by atoms with Crippen LogP contribution < -0.4 is 5.56 Å². The predicted molar refractivity (Wildman–Crippen MR) is 75.2 cm³/mol. The van der Waals surface area contributed by atoms with Crippen molar-refractivity contribution in [3.8, 4) is 5.75 Å².